The number of nitrogens with two attached hydrogens (primary N) is 1. The Bertz CT molecular complexity index is 464. The molecule has 0 aromatic carbocycles. The summed E-state index contributed by atoms with van der Waals surface area (Å²) in [6.45, 7) is 9.81. The van der Waals surface area contributed by atoms with Crippen molar-refractivity contribution in [2.75, 3.05) is 50.4 Å². The second-order valence-electron chi connectivity index (χ2n) is 5.63. The lowest BCUT2D eigenvalue weighted by molar-refractivity contribution is 0.0968. The molecule has 1 aliphatic rings. The molecule has 6 heteroatoms. The van der Waals surface area contributed by atoms with Crippen LogP contribution in [0.4, 0.5) is 10.7 Å². The summed E-state index contributed by atoms with van der Waals surface area (Å²) >= 11 is 1.48. The minimum Gasteiger partial charge on any atom is -0.397 e. The lowest BCUT2D eigenvalue weighted by Crippen LogP contribution is -2.47. The number of nitrogen functional groups attached to an aromatic ring is 1. The Balaban J connectivity index is 1.99. The Hall–Kier alpha value is -1.27. The maximum absolute atomic E-state index is 11.7. The number of hydrogen-bond donors (Lipinski definition) is 2. The minimum atomic E-state index is -0.0998. The smallest absolute Gasteiger partial charge is 0.263 e. The zero-order chi connectivity index (χ0) is 14.7. The van der Waals surface area contributed by atoms with Gasteiger partial charge >= 0.3 is 0 Å². The summed E-state index contributed by atoms with van der Waals surface area (Å²) in [7, 11) is 1.63. The van der Waals surface area contributed by atoms with Crippen molar-refractivity contribution in [3.05, 3.63) is 10.9 Å². The first-order chi connectivity index (χ1) is 9.51. The molecule has 0 atom stereocenters. The van der Waals surface area contributed by atoms with Crippen LogP contribution in [-0.2, 0) is 0 Å². The van der Waals surface area contributed by atoms with Crippen LogP contribution in [0.15, 0.2) is 6.07 Å². The molecule has 1 aliphatic heterocycles. The van der Waals surface area contributed by atoms with Crippen LogP contribution < -0.4 is 16.0 Å². The van der Waals surface area contributed by atoms with E-state index in [1.807, 2.05) is 6.07 Å². The molecule has 0 bridgehead atoms. The largest absolute Gasteiger partial charge is 0.397 e. The first-order valence-electron chi connectivity index (χ1n) is 7.10. The van der Waals surface area contributed by atoms with Gasteiger partial charge in [0.1, 0.15) is 4.88 Å². The number of carbonyl (C=O) groups excluding carboxylic acids is 1. The summed E-state index contributed by atoms with van der Waals surface area (Å²) in [5.41, 5.74) is 6.51. The molecule has 1 fully saturated rings. The van der Waals surface area contributed by atoms with Gasteiger partial charge in [-0.25, -0.2) is 0 Å². The average molecular weight is 296 g/mol. The van der Waals surface area contributed by atoms with E-state index in [-0.39, 0.29) is 5.91 Å². The molecule has 0 saturated carbocycles. The molecule has 1 saturated heterocycles. The van der Waals surface area contributed by atoms with E-state index in [2.05, 4.69) is 29.0 Å². The number of carbonyl (C=O) groups is 1. The van der Waals surface area contributed by atoms with E-state index in [4.69, 9.17) is 5.73 Å². The fourth-order valence-electron chi connectivity index (χ4n) is 2.51. The molecule has 1 amide bonds. The number of nitrogens with zero attached hydrogens (tertiary/aromatic N) is 2. The van der Waals surface area contributed by atoms with E-state index in [1.165, 1.54) is 11.3 Å². The first-order valence-corrected chi connectivity index (χ1v) is 7.91. The van der Waals surface area contributed by atoms with Gasteiger partial charge in [-0.2, -0.15) is 0 Å². The predicted octanol–water partition coefficient (Wildman–Crippen LogP) is 1.47. The summed E-state index contributed by atoms with van der Waals surface area (Å²) < 4.78 is 0. The second-order valence-corrected chi connectivity index (χ2v) is 6.66. The molecule has 5 nitrogen and oxygen atoms in total. The minimum absolute atomic E-state index is 0.0998. The van der Waals surface area contributed by atoms with Crippen LogP contribution in [0, 0.1) is 5.92 Å². The van der Waals surface area contributed by atoms with Crippen molar-refractivity contribution in [1.82, 2.24) is 10.2 Å². The van der Waals surface area contributed by atoms with Gasteiger partial charge in [0.2, 0.25) is 0 Å². The standard InChI is InChI=1S/C14H24N4OS/c1-10(2)9-17-4-6-18(7-5-17)12-8-11(15)13(20-12)14(19)16-3/h8,10H,4-7,9,15H2,1-3H3,(H,16,19). The normalized spacial score (nSPS) is 16.7. The fourth-order valence-corrected chi connectivity index (χ4v) is 3.58. The number of thiophene rings is 1. The molecule has 20 heavy (non-hydrogen) atoms. The number of piperazine rings is 1. The quantitative estimate of drug-likeness (QED) is 0.883. The molecule has 0 unspecified atom stereocenters. The van der Waals surface area contributed by atoms with Gasteiger partial charge in [0.15, 0.2) is 0 Å². The summed E-state index contributed by atoms with van der Waals surface area (Å²) in [4.78, 5) is 17.1. The molecule has 0 radical (unpaired) electrons. The van der Waals surface area contributed by atoms with E-state index >= 15 is 0 Å². The zero-order valence-electron chi connectivity index (χ0n) is 12.5. The molecule has 2 rings (SSSR count). The topological polar surface area (TPSA) is 61.6 Å². The Kier molecular flexibility index (Phi) is 4.88. The van der Waals surface area contributed by atoms with Gasteiger partial charge in [-0.1, -0.05) is 13.8 Å². The fraction of sp³-hybridized carbons (Fsp3) is 0.643. The van der Waals surface area contributed by atoms with Crippen LogP contribution in [0.2, 0.25) is 0 Å². The van der Waals surface area contributed by atoms with Crippen LogP contribution in [0.25, 0.3) is 0 Å². The van der Waals surface area contributed by atoms with Crippen LogP contribution in [-0.4, -0.2) is 50.6 Å². The highest BCUT2D eigenvalue weighted by atomic mass is 32.1. The molecule has 0 spiro atoms. The number of amides is 1. The highest BCUT2D eigenvalue weighted by Crippen LogP contribution is 2.32. The average Bonchev–Trinajstić information content (AvgIpc) is 2.80. The second kappa shape index (κ2) is 6.45. The van der Waals surface area contributed by atoms with Gasteiger partial charge in [0.25, 0.3) is 5.91 Å². The van der Waals surface area contributed by atoms with Crippen molar-refractivity contribution in [1.29, 1.82) is 0 Å². The summed E-state index contributed by atoms with van der Waals surface area (Å²) in [6, 6.07) is 1.92. The van der Waals surface area contributed by atoms with Crippen LogP contribution in [0.3, 0.4) is 0 Å². The lowest BCUT2D eigenvalue weighted by Gasteiger charge is -2.36. The van der Waals surface area contributed by atoms with Gasteiger partial charge < -0.3 is 16.0 Å². The lowest BCUT2D eigenvalue weighted by atomic mass is 10.2. The highest BCUT2D eigenvalue weighted by Gasteiger charge is 2.21. The monoisotopic (exact) mass is 296 g/mol. The van der Waals surface area contributed by atoms with Crippen molar-refractivity contribution >= 4 is 27.9 Å². The number of anilines is 2. The Morgan fingerprint density at radius 3 is 2.60 bits per heavy atom. The van der Waals surface area contributed by atoms with Crippen LogP contribution in [0.5, 0.6) is 0 Å². The Labute approximate surface area is 124 Å². The van der Waals surface area contributed by atoms with Crippen molar-refractivity contribution in [2.45, 2.75) is 13.8 Å². The third-order valence-corrected chi connectivity index (χ3v) is 4.70. The van der Waals surface area contributed by atoms with Crippen molar-refractivity contribution < 1.29 is 4.79 Å². The van der Waals surface area contributed by atoms with E-state index in [1.54, 1.807) is 7.05 Å². The predicted molar refractivity (Wildman–Crippen MR) is 85.6 cm³/mol. The number of hydrogen-bond acceptors (Lipinski definition) is 5. The van der Waals surface area contributed by atoms with Crippen molar-refractivity contribution in [3.8, 4) is 0 Å². The van der Waals surface area contributed by atoms with E-state index in [0.29, 0.717) is 16.5 Å². The third-order valence-electron chi connectivity index (χ3n) is 3.49. The third kappa shape index (κ3) is 3.43. The maximum Gasteiger partial charge on any atom is 0.263 e. The SMILES string of the molecule is CNC(=O)c1sc(N2CCN(CC(C)C)CC2)cc1N. The molecular formula is C14H24N4OS. The van der Waals surface area contributed by atoms with Gasteiger partial charge in [-0.05, 0) is 12.0 Å². The summed E-state index contributed by atoms with van der Waals surface area (Å²) in [5.74, 6) is 0.607. The molecular weight excluding hydrogens is 272 g/mol. The highest BCUT2D eigenvalue weighted by molar-refractivity contribution is 7.18. The molecule has 1 aromatic heterocycles. The van der Waals surface area contributed by atoms with Crippen molar-refractivity contribution in [2.24, 2.45) is 5.92 Å². The van der Waals surface area contributed by atoms with Gasteiger partial charge in [-0.15, -0.1) is 11.3 Å². The van der Waals surface area contributed by atoms with Crippen molar-refractivity contribution in [3.63, 3.8) is 0 Å². The van der Waals surface area contributed by atoms with E-state index in [0.717, 1.165) is 37.7 Å². The molecule has 3 N–H and O–H groups in total. The summed E-state index contributed by atoms with van der Waals surface area (Å²) in [6.07, 6.45) is 0. The van der Waals surface area contributed by atoms with Crippen LogP contribution >= 0.6 is 11.3 Å². The first kappa shape index (κ1) is 15.1. The van der Waals surface area contributed by atoms with Gasteiger partial charge in [-0.3, -0.25) is 9.69 Å². The van der Waals surface area contributed by atoms with Gasteiger partial charge in [0, 0.05) is 39.8 Å². The molecule has 1 aromatic rings. The van der Waals surface area contributed by atoms with E-state index < -0.39 is 0 Å². The molecule has 2 heterocycles. The van der Waals surface area contributed by atoms with E-state index in [9.17, 15) is 4.79 Å². The Morgan fingerprint density at radius 2 is 2.05 bits per heavy atom. The number of nitrogens with one attached hydrogen (secondary N) is 1. The maximum atomic E-state index is 11.7. The van der Waals surface area contributed by atoms with Gasteiger partial charge in [0.05, 0.1) is 10.7 Å². The zero-order valence-corrected chi connectivity index (χ0v) is 13.3. The molecule has 112 valence electrons. The number of rotatable bonds is 4. The van der Waals surface area contributed by atoms with Crippen LogP contribution in [0.1, 0.15) is 23.5 Å². The Morgan fingerprint density at radius 1 is 1.40 bits per heavy atom. The summed E-state index contributed by atoms with van der Waals surface area (Å²) in [5, 5.41) is 3.73. The molecule has 0 aliphatic carbocycles.